The molecule has 0 amide bonds. The first-order valence-corrected chi connectivity index (χ1v) is 9.45. The summed E-state index contributed by atoms with van der Waals surface area (Å²) in [4.78, 5) is 0. The third-order valence-electron chi connectivity index (χ3n) is 4.97. The van der Waals surface area contributed by atoms with Gasteiger partial charge in [0.25, 0.3) is 0 Å². The largest absolute Gasteiger partial charge is 0.0651 e. The van der Waals surface area contributed by atoms with Gasteiger partial charge in [-0.2, -0.15) is 0 Å². The highest BCUT2D eigenvalue weighted by Gasteiger charge is 2.06. The lowest BCUT2D eigenvalue weighted by molar-refractivity contribution is 0.382. The third kappa shape index (κ3) is 13.0. The minimum absolute atomic E-state index is 0.878. The first-order valence-electron chi connectivity index (χ1n) is 9.45. The summed E-state index contributed by atoms with van der Waals surface area (Å²) in [5.41, 5.74) is 0. The maximum absolute atomic E-state index is 2.46. The summed E-state index contributed by atoms with van der Waals surface area (Å²) in [6.45, 7) is 14.3. The second kappa shape index (κ2) is 12.7. The summed E-state index contributed by atoms with van der Waals surface area (Å²) in [7, 11) is 0. The molecule has 0 heteroatoms. The van der Waals surface area contributed by atoms with Crippen LogP contribution in [0.5, 0.6) is 0 Å². The van der Waals surface area contributed by atoms with E-state index < -0.39 is 0 Å². The minimum Gasteiger partial charge on any atom is -0.0651 e. The van der Waals surface area contributed by atoms with Crippen LogP contribution in [0.2, 0.25) is 0 Å². The lowest BCUT2D eigenvalue weighted by Crippen LogP contribution is -2.00. The SMILES string of the molecule is CCC(C)CCCC(C)CCCCC(C)CCC(C)C. The van der Waals surface area contributed by atoms with Gasteiger partial charge in [0.15, 0.2) is 0 Å². The molecular weight excluding hydrogens is 240 g/mol. The molecule has 0 saturated heterocycles. The van der Waals surface area contributed by atoms with E-state index in [0.717, 1.165) is 23.7 Å². The van der Waals surface area contributed by atoms with Crippen LogP contribution in [0.25, 0.3) is 0 Å². The molecule has 0 saturated carbocycles. The first-order chi connectivity index (χ1) is 9.45. The van der Waals surface area contributed by atoms with Crippen LogP contribution in [-0.4, -0.2) is 0 Å². The van der Waals surface area contributed by atoms with Gasteiger partial charge >= 0.3 is 0 Å². The Morgan fingerprint density at radius 2 is 0.950 bits per heavy atom. The maximum atomic E-state index is 2.46. The summed E-state index contributed by atoms with van der Waals surface area (Å²) in [6, 6.07) is 0. The zero-order valence-electron chi connectivity index (χ0n) is 15.4. The molecule has 0 rings (SSSR count). The third-order valence-corrected chi connectivity index (χ3v) is 4.97. The van der Waals surface area contributed by atoms with Crippen molar-refractivity contribution in [1.82, 2.24) is 0 Å². The second-order valence-electron chi connectivity index (χ2n) is 7.91. The zero-order valence-corrected chi connectivity index (χ0v) is 15.4. The Morgan fingerprint density at radius 1 is 0.500 bits per heavy atom. The van der Waals surface area contributed by atoms with E-state index in [0.29, 0.717) is 0 Å². The maximum Gasteiger partial charge on any atom is -0.0443 e. The van der Waals surface area contributed by atoms with Crippen LogP contribution in [0.3, 0.4) is 0 Å². The average Bonchev–Trinajstić information content (AvgIpc) is 2.41. The van der Waals surface area contributed by atoms with Gasteiger partial charge in [0.2, 0.25) is 0 Å². The van der Waals surface area contributed by atoms with Gasteiger partial charge in [-0.05, 0) is 23.7 Å². The monoisotopic (exact) mass is 282 g/mol. The first kappa shape index (κ1) is 20.0. The van der Waals surface area contributed by atoms with E-state index in [9.17, 15) is 0 Å². The van der Waals surface area contributed by atoms with Gasteiger partial charge in [-0.1, -0.05) is 106 Å². The number of hydrogen-bond acceptors (Lipinski definition) is 0. The van der Waals surface area contributed by atoms with E-state index in [1.54, 1.807) is 0 Å². The van der Waals surface area contributed by atoms with Crippen molar-refractivity contribution in [2.75, 3.05) is 0 Å². The highest BCUT2D eigenvalue weighted by atomic mass is 14.1. The summed E-state index contributed by atoms with van der Waals surface area (Å²) < 4.78 is 0. The van der Waals surface area contributed by atoms with Gasteiger partial charge in [-0.25, -0.2) is 0 Å². The fraction of sp³-hybridized carbons (Fsp3) is 1.00. The molecule has 0 radical (unpaired) electrons. The Labute approximate surface area is 130 Å². The topological polar surface area (TPSA) is 0 Å². The van der Waals surface area contributed by atoms with Crippen molar-refractivity contribution < 1.29 is 0 Å². The van der Waals surface area contributed by atoms with E-state index in [4.69, 9.17) is 0 Å². The highest BCUT2D eigenvalue weighted by molar-refractivity contribution is 4.60. The predicted octanol–water partition coefficient (Wildman–Crippen LogP) is 7.47. The van der Waals surface area contributed by atoms with Crippen molar-refractivity contribution in [3.8, 4) is 0 Å². The van der Waals surface area contributed by atoms with Crippen molar-refractivity contribution in [2.24, 2.45) is 23.7 Å². The molecule has 0 aromatic heterocycles. The molecule has 0 aliphatic rings. The summed E-state index contributed by atoms with van der Waals surface area (Å²) in [5, 5.41) is 0. The fourth-order valence-electron chi connectivity index (χ4n) is 2.91. The van der Waals surface area contributed by atoms with Crippen LogP contribution >= 0.6 is 0 Å². The van der Waals surface area contributed by atoms with Crippen LogP contribution in [-0.2, 0) is 0 Å². The van der Waals surface area contributed by atoms with Crippen LogP contribution < -0.4 is 0 Å². The van der Waals surface area contributed by atoms with Gasteiger partial charge in [-0.3, -0.25) is 0 Å². The number of rotatable bonds is 13. The van der Waals surface area contributed by atoms with Crippen LogP contribution in [0.15, 0.2) is 0 Å². The molecule has 0 fully saturated rings. The fourth-order valence-corrected chi connectivity index (χ4v) is 2.91. The standard InChI is InChI=1S/C20H42/c1-7-18(4)13-10-14-19(5)11-8-9-12-20(6)16-15-17(2)3/h17-20H,7-16H2,1-6H3. The molecule has 0 spiro atoms. The Kier molecular flexibility index (Phi) is 12.7. The zero-order chi connectivity index (χ0) is 15.4. The molecule has 0 heterocycles. The Hall–Kier alpha value is 0. The molecule has 0 aliphatic heterocycles. The minimum atomic E-state index is 0.878. The van der Waals surface area contributed by atoms with Crippen molar-refractivity contribution in [3.63, 3.8) is 0 Å². The number of hydrogen-bond donors (Lipinski definition) is 0. The van der Waals surface area contributed by atoms with Crippen molar-refractivity contribution >= 4 is 0 Å². The van der Waals surface area contributed by atoms with Gasteiger partial charge in [0, 0.05) is 0 Å². The van der Waals surface area contributed by atoms with Crippen molar-refractivity contribution in [2.45, 2.75) is 106 Å². The van der Waals surface area contributed by atoms with E-state index in [1.165, 1.54) is 64.2 Å². The molecule has 0 bridgehead atoms. The molecule has 0 aromatic rings. The van der Waals surface area contributed by atoms with Crippen LogP contribution in [0.4, 0.5) is 0 Å². The predicted molar refractivity (Wildman–Crippen MR) is 94.2 cm³/mol. The number of unbranched alkanes of at least 4 members (excludes halogenated alkanes) is 1. The Bertz CT molecular complexity index is 194. The summed E-state index contributed by atoms with van der Waals surface area (Å²) in [5.74, 6) is 3.70. The van der Waals surface area contributed by atoms with Crippen molar-refractivity contribution in [1.29, 1.82) is 0 Å². The van der Waals surface area contributed by atoms with Crippen LogP contribution in [0.1, 0.15) is 106 Å². The molecular formula is C20H42. The van der Waals surface area contributed by atoms with Gasteiger partial charge in [0.05, 0.1) is 0 Å². The van der Waals surface area contributed by atoms with Crippen LogP contribution in [0, 0.1) is 23.7 Å². The molecule has 0 aromatic carbocycles. The molecule has 0 aliphatic carbocycles. The Morgan fingerprint density at radius 3 is 1.45 bits per heavy atom. The molecule has 0 nitrogen and oxygen atoms in total. The van der Waals surface area contributed by atoms with Gasteiger partial charge in [-0.15, -0.1) is 0 Å². The normalized spacial score (nSPS) is 16.4. The lowest BCUT2D eigenvalue weighted by atomic mass is 9.91. The molecule has 3 atom stereocenters. The average molecular weight is 283 g/mol. The quantitative estimate of drug-likeness (QED) is 0.307. The van der Waals surface area contributed by atoms with Crippen molar-refractivity contribution in [3.05, 3.63) is 0 Å². The molecule has 0 N–H and O–H groups in total. The summed E-state index contributed by atoms with van der Waals surface area (Å²) in [6.07, 6.45) is 14.3. The van der Waals surface area contributed by atoms with E-state index in [1.807, 2.05) is 0 Å². The highest BCUT2D eigenvalue weighted by Crippen LogP contribution is 2.22. The van der Waals surface area contributed by atoms with E-state index in [-0.39, 0.29) is 0 Å². The second-order valence-corrected chi connectivity index (χ2v) is 7.91. The molecule has 3 unspecified atom stereocenters. The smallest absolute Gasteiger partial charge is 0.0443 e. The van der Waals surface area contributed by atoms with E-state index >= 15 is 0 Å². The lowest BCUT2D eigenvalue weighted by Gasteiger charge is -2.15. The van der Waals surface area contributed by atoms with Gasteiger partial charge < -0.3 is 0 Å². The Balaban J connectivity index is 3.40. The van der Waals surface area contributed by atoms with Gasteiger partial charge in [0.1, 0.15) is 0 Å². The molecule has 20 heavy (non-hydrogen) atoms. The van der Waals surface area contributed by atoms with E-state index in [2.05, 4.69) is 41.5 Å². The summed E-state index contributed by atoms with van der Waals surface area (Å²) >= 11 is 0. The molecule has 122 valence electrons.